The summed E-state index contributed by atoms with van der Waals surface area (Å²) < 4.78 is 0. The van der Waals surface area contributed by atoms with Gasteiger partial charge in [0.1, 0.15) is 0 Å². The van der Waals surface area contributed by atoms with E-state index in [1.807, 2.05) is 0 Å². The van der Waals surface area contributed by atoms with E-state index in [0.29, 0.717) is 0 Å². The van der Waals surface area contributed by atoms with Crippen LogP contribution in [-0.4, -0.2) is 46.2 Å². The summed E-state index contributed by atoms with van der Waals surface area (Å²) in [5.41, 5.74) is 0. The van der Waals surface area contributed by atoms with Crippen LogP contribution < -0.4 is 0 Å². The van der Waals surface area contributed by atoms with Gasteiger partial charge < -0.3 is 15.1 Å². The third-order valence-corrected chi connectivity index (χ3v) is 1.33. The van der Waals surface area contributed by atoms with E-state index in [2.05, 4.69) is 0 Å². The predicted octanol–water partition coefficient (Wildman–Crippen LogP) is -1.73. The van der Waals surface area contributed by atoms with Crippen LogP contribution in [0.1, 0.15) is 0 Å². The lowest BCUT2D eigenvalue weighted by atomic mass is 10.2. The predicted molar refractivity (Wildman–Crippen MR) is 30.2 cm³/mol. The van der Waals surface area contributed by atoms with Gasteiger partial charge >= 0.3 is 11.9 Å². The second-order valence-electron chi connectivity index (χ2n) is 2.17. The molecule has 1 fully saturated rings. The van der Waals surface area contributed by atoms with E-state index in [-0.39, 0.29) is 13.1 Å². The maximum Gasteiger partial charge on any atom is 0.394 e. The molecule has 0 aromatic carbocycles. The summed E-state index contributed by atoms with van der Waals surface area (Å²) in [6, 6.07) is 0. The van der Waals surface area contributed by atoms with Gasteiger partial charge in [0.2, 0.25) is 0 Å². The molecule has 0 atom stereocenters. The molecule has 5 nitrogen and oxygen atoms in total. The van der Waals surface area contributed by atoms with Gasteiger partial charge in [-0.25, -0.2) is 4.79 Å². The summed E-state index contributed by atoms with van der Waals surface area (Å²) in [7, 11) is 0. The molecule has 0 aromatic heterocycles. The monoisotopic (exact) mass is 145 g/mol. The van der Waals surface area contributed by atoms with Crippen LogP contribution in [0.5, 0.6) is 0 Å². The van der Waals surface area contributed by atoms with Crippen molar-refractivity contribution in [1.29, 1.82) is 0 Å². The number of hydrogen-bond acceptors (Lipinski definition) is 3. The zero-order valence-corrected chi connectivity index (χ0v) is 5.15. The Balaban J connectivity index is 2.38. The van der Waals surface area contributed by atoms with Crippen molar-refractivity contribution in [1.82, 2.24) is 4.90 Å². The van der Waals surface area contributed by atoms with Gasteiger partial charge in [-0.3, -0.25) is 4.79 Å². The maximum atomic E-state index is 10.5. The number of amides is 1. The fourth-order valence-corrected chi connectivity index (χ4v) is 0.756. The molecule has 0 bridgehead atoms. The first-order valence-electron chi connectivity index (χ1n) is 2.81. The van der Waals surface area contributed by atoms with Crippen molar-refractivity contribution in [3.63, 3.8) is 0 Å². The maximum absolute atomic E-state index is 10.5. The molecule has 1 saturated heterocycles. The topological polar surface area (TPSA) is 77.8 Å². The fraction of sp³-hybridized carbons (Fsp3) is 0.600. The van der Waals surface area contributed by atoms with Crippen LogP contribution in [-0.2, 0) is 9.59 Å². The molecule has 0 saturated carbocycles. The zero-order valence-electron chi connectivity index (χ0n) is 5.15. The fourth-order valence-electron chi connectivity index (χ4n) is 0.756. The third kappa shape index (κ3) is 1.08. The highest BCUT2D eigenvalue weighted by Gasteiger charge is 2.32. The van der Waals surface area contributed by atoms with Crippen molar-refractivity contribution in [3.05, 3.63) is 0 Å². The highest BCUT2D eigenvalue weighted by molar-refractivity contribution is 6.31. The zero-order chi connectivity index (χ0) is 7.72. The van der Waals surface area contributed by atoms with Gasteiger partial charge in [0, 0.05) is 13.1 Å². The number of aliphatic carboxylic acids is 1. The Morgan fingerprint density at radius 3 is 2.20 bits per heavy atom. The van der Waals surface area contributed by atoms with Gasteiger partial charge in [0.15, 0.2) is 0 Å². The van der Waals surface area contributed by atoms with Crippen LogP contribution >= 0.6 is 0 Å². The molecule has 5 heteroatoms. The van der Waals surface area contributed by atoms with Crippen LogP contribution in [0.3, 0.4) is 0 Å². The number of carboxylic acids is 1. The minimum absolute atomic E-state index is 0.144. The van der Waals surface area contributed by atoms with Crippen LogP contribution in [0.2, 0.25) is 0 Å². The number of nitrogens with zero attached hydrogens (tertiary/aromatic N) is 1. The minimum Gasteiger partial charge on any atom is -0.474 e. The van der Waals surface area contributed by atoms with E-state index in [1.54, 1.807) is 0 Å². The molecular weight excluding hydrogens is 138 g/mol. The number of likely N-dealkylation sites (tertiary alicyclic amines) is 1. The molecule has 0 radical (unpaired) electrons. The number of carbonyl (C=O) groups excluding carboxylic acids is 1. The van der Waals surface area contributed by atoms with E-state index in [4.69, 9.17) is 10.2 Å². The molecule has 10 heavy (non-hydrogen) atoms. The van der Waals surface area contributed by atoms with E-state index >= 15 is 0 Å². The first-order valence-corrected chi connectivity index (χ1v) is 2.81. The molecule has 0 spiro atoms. The van der Waals surface area contributed by atoms with Gasteiger partial charge in [-0.1, -0.05) is 0 Å². The molecule has 56 valence electrons. The Bertz CT molecular complexity index is 172. The molecular formula is C5H7NO4. The average Bonchev–Trinajstić information content (AvgIpc) is 1.79. The first kappa shape index (κ1) is 7.01. The number of hydrogen-bond donors (Lipinski definition) is 2. The molecule has 1 amide bonds. The van der Waals surface area contributed by atoms with E-state index in [1.165, 1.54) is 0 Å². The molecule has 1 aliphatic heterocycles. The highest BCUT2D eigenvalue weighted by Crippen LogP contribution is 2.06. The smallest absolute Gasteiger partial charge is 0.394 e. The number of aliphatic hydroxyl groups excluding tert-OH is 1. The first-order chi connectivity index (χ1) is 4.61. The Kier molecular flexibility index (Phi) is 1.58. The Morgan fingerprint density at radius 1 is 1.40 bits per heavy atom. The third-order valence-electron chi connectivity index (χ3n) is 1.33. The van der Waals surface area contributed by atoms with E-state index in [9.17, 15) is 9.59 Å². The number of carbonyl (C=O) groups is 2. The normalized spacial score (nSPS) is 18.3. The molecule has 0 aromatic rings. The number of aliphatic hydroxyl groups is 1. The lowest BCUT2D eigenvalue weighted by Gasteiger charge is -2.34. The lowest BCUT2D eigenvalue weighted by molar-refractivity contribution is -0.161. The second kappa shape index (κ2) is 2.26. The summed E-state index contributed by atoms with van der Waals surface area (Å²) >= 11 is 0. The average molecular weight is 145 g/mol. The molecule has 2 N–H and O–H groups in total. The van der Waals surface area contributed by atoms with Crippen LogP contribution in [0.15, 0.2) is 0 Å². The van der Waals surface area contributed by atoms with Gasteiger partial charge in [-0.05, 0) is 0 Å². The lowest BCUT2D eigenvalue weighted by Crippen LogP contribution is -2.55. The summed E-state index contributed by atoms with van der Waals surface area (Å²) in [6.45, 7) is 0.288. The molecule has 1 rings (SSSR count). The molecule has 0 aliphatic carbocycles. The van der Waals surface area contributed by atoms with Crippen molar-refractivity contribution < 1.29 is 19.8 Å². The molecule has 1 aliphatic rings. The Labute approximate surface area is 56.9 Å². The number of β-amino-alcohol motifs (C(OH)–C–C–N with tert-alkyl or cyclic N) is 1. The summed E-state index contributed by atoms with van der Waals surface area (Å²) in [6.07, 6.45) is -0.539. The van der Waals surface area contributed by atoms with Crippen molar-refractivity contribution in [2.24, 2.45) is 0 Å². The van der Waals surface area contributed by atoms with Crippen molar-refractivity contribution >= 4 is 11.9 Å². The standard InChI is InChI=1S/C5H7NO4/c7-3-1-6(2-3)4(8)5(9)10/h3,7H,1-2H2,(H,9,10). The minimum atomic E-state index is -1.47. The van der Waals surface area contributed by atoms with Gasteiger partial charge in [0.25, 0.3) is 0 Å². The van der Waals surface area contributed by atoms with Crippen molar-refractivity contribution in [2.45, 2.75) is 6.10 Å². The summed E-state index contributed by atoms with van der Waals surface area (Å²) in [4.78, 5) is 21.5. The number of rotatable bonds is 0. The van der Waals surface area contributed by atoms with E-state index in [0.717, 1.165) is 4.90 Å². The van der Waals surface area contributed by atoms with Gasteiger partial charge in [-0.2, -0.15) is 0 Å². The largest absolute Gasteiger partial charge is 0.474 e. The Hall–Kier alpha value is -1.10. The quantitative estimate of drug-likeness (QED) is 0.397. The summed E-state index contributed by atoms with van der Waals surface area (Å²) in [5, 5.41) is 16.8. The van der Waals surface area contributed by atoms with Crippen molar-refractivity contribution in [3.8, 4) is 0 Å². The number of carboxylic acid groups (broad SMARTS) is 1. The van der Waals surface area contributed by atoms with Crippen LogP contribution in [0.25, 0.3) is 0 Å². The van der Waals surface area contributed by atoms with Crippen LogP contribution in [0, 0.1) is 0 Å². The van der Waals surface area contributed by atoms with E-state index < -0.39 is 18.0 Å². The molecule has 0 unspecified atom stereocenters. The summed E-state index contributed by atoms with van der Waals surface area (Å²) in [5.74, 6) is -2.41. The second-order valence-corrected chi connectivity index (χ2v) is 2.17. The van der Waals surface area contributed by atoms with Crippen molar-refractivity contribution in [2.75, 3.05) is 13.1 Å². The van der Waals surface area contributed by atoms with Gasteiger partial charge in [-0.15, -0.1) is 0 Å². The molecule has 1 heterocycles. The Morgan fingerprint density at radius 2 is 1.90 bits per heavy atom. The van der Waals surface area contributed by atoms with Gasteiger partial charge in [0.05, 0.1) is 6.10 Å². The SMILES string of the molecule is O=C(O)C(=O)N1CC(O)C1. The van der Waals surface area contributed by atoms with Crippen LogP contribution in [0.4, 0.5) is 0 Å². The highest BCUT2D eigenvalue weighted by atomic mass is 16.4.